The van der Waals surface area contributed by atoms with E-state index >= 15 is 0 Å². The summed E-state index contributed by atoms with van der Waals surface area (Å²) in [5.74, 6) is -0.0607. The van der Waals surface area contributed by atoms with Crippen LogP contribution in [-0.4, -0.2) is 22.5 Å². The lowest BCUT2D eigenvalue weighted by molar-refractivity contribution is -0.129. The van der Waals surface area contributed by atoms with Crippen LogP contribution >= 0.6 is 0 Å². The maximum Gasteiger partial charge on any atom is 0.234 e. The fourth-order valence-corrected chi connectivity index (χ4v) is 2.38. The standard InChI is InChI=1S/C13H25N3O2/c1-4-6-13(7-5-2,10(14)16-18)11(17)15-12(3)8-9-12/h18H,4-9H2,1-3H3,(H2,14,16)(H,15,17). The van der Waals surface area contributed by atoms with Gasteiger partial charge in [0.25, 0.3) is 0 Å². The van der Waals surface area contributed by atoms with E-state index in [1.165, 1.54) is 0 Å². The van der Waals surface area contributed by atoms with Gasteiger partial charge in [0.1, 0.15) is 5.41 Å². The van der Waals surface area contributed by atoms with Gasteiger partial charge < -0.3 is 16.3 Å². The number of carbonyl (C=O) groups is 1. The molecule has 1 saturated carbocycles. The van der Waals surface area contributed by atoms with Crippen molar-refractivity contribution in [2.45, 2.75) is 64.8 Å². The molecule has 0 spiro atoms. The number of hydrogen-bond donors (Lipinski definition) is 3. The molecule has 0 aromatic carbocycles. The average molecular weight is 255 g/mol. The summed E-state index contributed by atoms with van der Waals surface area (Å²) in [5.41, 5.74) is 4.86. The highest BCUT2D eigenvalue weighted by atomic mass is 16.4. The van der Waals surface area contributed by atoms with Crippen molar-refractivity contribution in [2.24, 2.45) is 16.3 Å². The minimum atomic E-state index is -0.857. The zero-order valence-electron chi connectivity index (χ0n) is 11.6. The number of hydrogen-bond acceptors (Lipinski definition) is 3. The van der Waals surface area contributed by atoms with Crippen molar-refractivity contribution in [3.63, 3.8) is 0 Å². The van der Waals surface area contributed by atoms with Crippen LogP contribution in [0.2, 0.25) is 0 Å². The summed E-state index contributed by atoms with van der Waals surface area (Å²) in [4.78, 5) is 12.5. The Hall–Kier alpha value is -1.26. The lowest BCUT2D eigenvalue weighted by Crippen LogP contribution is -2.52. The van der Waals surface area contributed by atoms with E-state index in [-0.39, 0.29) is 17.3 Å². The van der Waals surface area contributed by atoms with Gasteiger partial charge in [-0.3, -0.25) is 4.79 Å². The van der Waals surface area contributed by atoms with E-state index in [0.29, 0.717) is 12.8 Å². The first-order valence-electron chi connectivity index (χ1n) is 6.74. The Morgan fingerprint density at radius 2 is 1.89 bits per heavy atom. The maximum atomic E-state index is 12.5. The first-order chi connectivity index (χ1) is 8.44. The number of carbonyl (C=O) groups excluding carboxylic acids is 1. The van der Waals surface area contributed by atoms with E-state index in [2.05, 4.69) is 10.5 Å². The number of oxime groups is 1. The first-order valence-corrected chi connectivity index (χ1v) is 6.74. The van der Waals surface area contributed by atoms with Crippen LogP contribution < -0.4 is 11.1 Å². The van der Waals surface area contributed by atoms with Gasteiger partial charge in [-0.25, -0.2) is 0 Å². The van der Waals surface area contributed by atoms with Gasteiger partial charge in [0.15, 0.2) is 5.84 Å². The molecule has 0 heterocycles. The van der Waals surface area contributed by atoms with Crippen LogP contribution in [0.25, 0.3) is 0 Å². The molecule has 5 nitrogen and oxygen atoms in total. The number of nitrogens with two attached hydrogens (primary N) is 1. The highest BCUT2D eigenvalue weighted by Gasteiger charge is 2.47. The van der Waals surface area contributed by atoms with Crippen molar-refractivity contribution in [1.29, 1.82) is 0 Å². The Balaban J connectivity index is 2.95. The minimum absolute atomic E-state index is 0.0351. The molecule has 0 radical (unpaired) electrons. The molecule has 1 rings (SSSR count). The van der Waals surface area contributed by atoms with E-state index < -0.39 is 5.41 Å². The van der Waals surface area contributed by atoms with Gasteiger partial charge in [-0.2, -0.15) is 0 Å². The largest absolute Gasteiger partial charge is 0.409 e. The molecule has 1 fully saturated rings. The fourth-order valence-electron chi connectivity index (χ4n) is 2.38. The Kier molecular flexibility index (Phi) is 4.59. The zero-order chi connectivity index (χ0) is 13.8. The van der Waals surface area contributed by atoms with E-state index in [1.807, 2.05) is 20.8 Å². The second-order valence-electron chi connectivity index (χ2n) is 5.58. The molecule has 4 N–H and O–H groups in total. The molecule has 0 atom stereocenters. The fraction of sp³-hybridized carbons (Fsp3) is 0.846. The normalized spacial score (nSPS) is 18.5. The van der Waals surface area contributed by atoms with Crippen LogP contribution in [0.5, 0.6) is 0 Å². The van der Waals surface area contributed by atoms with Crippen molar-refractivity contribution in [3.05, 3.63) is 0 Å². The predicted molar refractivity (Wildman–Crippen MR) is 71.4 cm³/mol. The Morgan fingerprint density at radius 1 is 1.39 bits per heavy atom. The quantitative estimate of drug-likeness (QED) is 0.281. The summed E-state index contributed by atoms with van der Waals surface area (Å²) in [6, 6.07) is 0. The molecular formula is C13H25N3O2. The Morgan fingerprint density at radius 3 is 2.22 bits per heavy atom. The van der Waals surface area contributed by atoms with Gasteiger partial charge >= 0.3 is 0 Å². The molecular weight excluding hydrogens is 230 g/mol. The van der Waals surface area contributed by atoms with Crippen LogP contribution in [0.1, 0.15) is 59.3 Å². The third-order valence-electron chi connectivity index (χ3n) is 3.80. The summed E-state index contributed by atoms with van der Waals surface area (Å²) >= 11 is 0. The lowest BCUT2D eigenvalue weighted by Gasteiger charge is -2.32. The molecule has 0 aromatic heterocycles. The molecule has 1 aliphatic carbocycles. The van der Waals surface area contributed by atoms with Gasteiger partial charge in [-0.15, -0.1) is 0 Å². The molecule has 5 heteroatoms. The zero-order valence-corrected chi connectivity index (χ0v) is 11.6. The van der Waals surface area contributed by atoms with Crippen LogP contribution in [0.4, 0.5) is 0 Å². The second-order valence-corrected chi connectivity index (χ2v) is 5.58. The highest BCUT2D eigenvalue weighted by molar-refractivity contribution is 6.07. The number of amides is 1. The summed E-state index contributed by atoms with van der Waals surface area (Å²) in [5, 5.41) is 15.1. The molecule has 1 amide bonds. The SMILES string of the molecule is CCCC(CCC)(C(=O)NC1(C)CC1)C(N)=NO. The number of nitrogens with zero attached hydrogens (tertiary/aromatic N) is 1. The van der Waals surface area contributed by atoms with Crippen molar-refractivity contribution in [2.75, 3.05) is 0 Å². The lowest BCUT2D eigenvalue weighted by atomic mass is 9.77. The molecule has 0 aliphatic heterocycles. The minimum Gasteiger partial charge on any atom is -0.409 e. The first kappa shape index (κ1) is 14.8. The second kappa shape index (κ2) is 5.59. The molecule has 18 heavy (non-hydrogen) atoms. The molecule has 1 aliphatic rings. The predicted octanol–water partition coefficient (Wildman–Crippen LogP) is 1.99. The molecule has 104 valence electrons. The van der Waals surface area contributed by atoms with Gasteiger partial charge in [0.05, 0.1) is 0 Å². The van der Waals surface area contributed by atoms with Crippen LogP contribution in [-0.2, 0) is 4.79 Å². The van der Waals surface area contributed by atoms with Gasteiger partial charge in [0.2, 0.25) is 5.91 Å². The third-order valence-corrected chi connectivity index (χ3v) is 3.80. The van der Waals surface area contributed by atoms with Crippen molar-refractivity contribution >= 4 is 11.7 Å². The van der Waals surface area contributed by atoms with Gasteiger partial charge in [-0.05, 0) is 32.6 Å². The van der Waals surface area contributed by atoms with Crippen LogP contribution in [0.3, 0.4) is 0 Å². The van der Waals surface area contributed by atoms with Crippen molar-refractivity contribution in [1.82, 2.24) is 5.32 Å². The number of nitrogens with one attached hydrogen (secondary N) is 1. The topological polar surface area (TPSA) is 87.7 Å². The van der Waals surface area contributed by atoms with E-state index in [1.54, 1.807) is 0 Å². The molecule has 0 unspecified atom stereocenters. The van der Waals surface area contributed by atoms with Crippen LogP contribution in [0.15, 0.2) is 5.16 Å². The maximum absolute atomic E-state index is 12.5. The van der Waals surface area contributed by atoms with Crippen molar-refractivity contribution in [3.8, 4) is 0 Å². The van der Waals surface area contributed by atoms with Crippen molar-refractivity contribution < 1.29 is 10.0 Å². The molecule has 0 bridgehead atoms. The third kappa shape index (κ3) is 2.94. The smallest absolute Gasteiger partial charge is 0.234 e. The van der Waals surface area contributed by atoms with Gasteiger partial charge in [-0.1, -0.05) is 31.8 Å². The van der Waals surface area contributed by atoms with Crippen LogP contribution in [0, 0.1) is 5.41 Å². The molecule has 0 aromatic rings. The summed E-state index contributed by atoms with van der Waals surface area (Å²) in [7, 11) is 0. The average Bonchev–Trinajstić information content (AvgIpc) is 3.05. The number of rotatable bonds is 7. The monoisotopic (exact) mass is 255 g/mol. The summed E-state index contributed by atoms with van der Waals surface area (Å²) < 4.78 is 0. The summed E-state index contributed by atoms with van der Waals surface area (Å²) in [6.45, 7) is 6.03. The molecule has 0 saturated heterocycles. The Labute approximate surface area is 109 Å². The number of amidine groups is 1. The Bertz CT molecular complexity index is 329. The summed E-state index contributed by atoms with van der Waals surface area (Å²) in [6.07, 6.45) is 4.87. The van der Waals surface area contributed by atoms with E-state index in [0.717, 1.165) is 25.7 Å². The van der Waals surface area contributed by atoms with E-state index in [4.69, 9.17) is 10.9 Å². The highest BCUT2D eigenvalue weighted by Crippen LogP contribution is 2.38. The van der Waals surface area contributed by atoms with Gasteiger partial charge in [0, 0.05) is 5.54 Å². The van der Waals surface area contributed by atoms with E-state index in [9.17, 15) is 4.79 Å².